The van der Waals surface area contributed by atoms with Gasteiger partial charge >= 0.3 is 12.0 Å². The smallest absolute Gasteiger partial charge is 0.338 e. The first-order valence-electron chi connectivity index (χ1n) is 7.49. The Balaban J connectivity index is 2.53. The number of carbonyl (C=O) groups is 2. The highest BCUT2D eigenvalue weighted by Crippen LogP contribution is 2.39. The van der Waals surface area contributed by atoms with Gasteiger partial charge in [0, 0.05) is 5.70 Å². The van der Waals surface area contributed by atoms with Crippen LogP contribution in [0.2, 0.25) is 0 Å². The van der Waals surface area contributed by atoms with Gasteiger partial charge in [0.2, 0.25) is 0 Å². The summed E-state index contributed by atoms with van der Waals surface area (Å²) in [4.78, 5) is 24.1. The zero-order valence-corrected chi connectivity index (χ0v) is 15.2. The number of halogens is 1. The first kappa shape index (κ1) is 18.1. The van der Waals surface area contributed by atoms with Crippen molar-refractivity contribution in [2.24, 2.45) is 0 Å². The molecule has 0 aromatic heterocycles. The normalized spacial score (nSPS) is 17.2. The highest BCUT2D eigenvalue weighted by Gasteiger charge is 2.33. The summed E-state index contributed by atoms with van der Waals surface area (Å²) in [5.74, 6) is -0.301. The molecule has 1 aromatic rings. The molecule has 0 spiro atoms. The van der Waals surface area contributed by atoms with Crippen molar-refractivity contribution in [3.05, 3.63) is 33.4 Å². The maximum Gasteiger partial charge on any atom is 0.338 e. The molecule has 0 bridgehead atoms. The van der Waals surface area contributed by atoms with Crippen LogP contribution in [0.3, 0.4) is 0 Å². The van der Waals surface area contributed by atoms with Gasteiger partial charge in [0.1, 0.15) is 0 Å². The number of phenols is 1. The van der Waals surface area contributed by atoms with Crippen molar-refractivity contribution in [1.82, 2.24) is 10.6 Å². The fourth-order valence-corrected chi connectivity index (χ4v) is 2.91. The van der Waals surface area contributed by atoms with E-state index in [9.17, 15) is 14.7 Å². The van der Waals surface area contributed by atoms with Crippen molar-refractivity contribution >= 4 is 27.9 Å². The molecule has 1 atom stereocenters. The number of hydrogen-bond acceptors (Lipinski definition) is 5. The Bertz CT molecular complexity index is 702. The second-order valence-electron chi connectivity index (χ2n) is 5.07. The summed E-state index contributed by atoms with van der Waals surface area (Å²) in [6.07, 6.45) is 0. The average Bonchev–Trinajstić information content (AvgIpc) is 2.51. The fourth-order valence-electron chi connectivity index (χ4n) is 2.45. The Kier molecular flexibility index (Phi) is 5.71. The van der Waals surface area contributed by atoms with Crippen molar-refractivity contribution in [2.75, 3.05) is 13.2 Å². The lowest BCUT2D eigenvalue weighted by Gasteiger charge is -2.28. The topological polar surface area (TPSA) is 96.9 Å². The van der Waals surface area contributed by atoms with Crippen molar-refractivity contribution < 1.29 is 24.2 Å². The third-order valence-corrected chi connectivity index (χ3v) is 4.05. The Morgan fingerprint density at radius 3 is 2.67 bits per heavy atom. The summed E-state index contributed by atoms with van der Waals surface area (Å²) in [5.41, 5.74) is 1.31. The zero-order chi connectivity index (χ0) is 17.9. The number of hydrogen-bond donors (Lipinski definition) is 3. The lowest BCUT2D eigenvalue weighted by molar-refractivity contribution is -0.139. The Labute approximate surface area is 148 Å². The zero-order valence-electron chi connectivity index (χ0n) is 13.6. The lowest BCUT2D eigenvalue weighted by atomic mass is 9.95. The molecule has 130 valence electrons. The predicted octanol–water partition coefficient (Wildman–Crippen LogP) is 2.74. The summed E-state index contributed by atoms with van der Waals surface area (Å²) in [6, 6.07) is 2.08. The van der Waals surface area contributed by atoms with Crippen molar-refractivity contribution in [3.8, 4) is 11.5 Å². The second-order valence-corrected chi connectivity index (χ2v) is 5.93. The van der Waals surface area contributed by atoms with Gasteiger partial charge in [-0.05, 0) is 54.4 Å². The highest BCUT2D eigenvalue weighted by molar-refractivity contribution is 9.10. The van der Waals surface area contributed by atoms with E-state index < -0.39 is 18.0 Å². The van der Waals surface area contributed by atoms with Gasteiger partial charge in [-0.2, -0.15) is 0 Å². The van der Waals surface area contributed by atoms with E-state index in [0.29, 0.717) is 27.9 Å². The quantitative estimate of drug-likeness (QED) is 0.662. The monoisotopic (exact) mass is 398 g/mol. The largest absolute Gasteiger partial charge is 0.503 e. The van der Waals surface area contributed by atoms with E-state index in [1.165, 1.54) is 0 Å². The van der Waals surface area contributed by atoms with E-state index in [0.717, 1.165) is 0 Å². The standard InChI is InChI=1S/C16H19BrN2O5/c1-4-23-11-7-9(6-10(17)14(11)20)13-12(15(21)24-5-2)8(3)18-16(22)19-13/h6-7,13,20H,4-5H2,1-3H3,(H2,18,19,22)/t13-/m0/s1. The van der Waals surface area contributed by atoms with Crippen molar-refractivity contribution in [3.63, 3.8) is 0 Å². The summed E-state index contributed by atoms with van der Waals surface area (Å²) >= 11 is 3.26. The number of amides is 2. The van der Waals surface area contributed by atoms with Gasteiger partial charge in [0.25, 0.3) is 0 Å². The average molecular weight is 399 g/mol. The second kappa shape index (κ2) is 7.57. The van der Waals surface area contributed by atoms with Gasteiger partial charge in [0.15, 0.2) is 11.5 Å². The SMILES string of the molecule is CCOC(=O)C1=C(C)NC(=O)N[C@H]1c1cc(Br)c(O)c(OCC)c1. The molecule has 1 aromatic carbocycles. The van der Waals surface area contributed by atoms with Crippen LogP contribution in [0.4, 0.5) is 4.79 Å². The molecule has 2 rings (SSSR count). The van der Waals surface area contributed by atoms with E-state index >= 15 is 0 Å². The lowest BCUT2D eigenvalue weighted by Crippen LogP contribution is -2.45. The molecular formula is C16H19BrN2O5. The number of phenolic OH excluding ortho intramolecular Hbond substituents is 1. The summed E-state index contributed by atoms with van der Waals surface area (Å²) in [6.45, 7) is 5.72. The van der Waals surface area contributed by atoms with Gasteiger partial charge in [0.05, 0.1) is 29.3 Å². The van der Waals surface area contributed by atoms with Crippen LogP contribution in [0.15, 0.2) is 27.9 Å². The Hall–Kier alpha value is -2.22. The molecule has 8 heteroatoms. The van der Waals surface area contributed by atoms with Crippen LogP contribution in [0.1, 0.15) is 32.4 Å². The first-order chi connectivity index (χ1) is 11.4. The third kappa shape index (κ3) is 3.64. The van der Waals surface area contributed by atoms with Gasteiger partial charge in [-0.15, -0.1) is 0 Å². The van der Waals surface area contributed by atoms with Crippen LogP contribution in [-0.4, -0.2) is 30.3 Å². The van der Waals surface area contributed by atoms with E-state index in [4.69, 9.17) is 9.47 Å². The number of ether oxygens (including phenoxy) is 2. The number of allylic oxidation sites excluding steroid dienone is 1. The van der Waals surface area contributed by atoms with E-state index in [-0.39, 0.29) is 18.1 Å². The van der Waals surface area contributed by atoms with Crippen LogP contribution in [-0.2, 0) is 9.53 Å². The molecule has 1 aliphatic rings. The fraction of sp³-hybridized carbons (Fsp3) is 0.375. The molecule has 1 heterocycles. The molecule has 24 heavy (non-hydrogen) atoms. The Morgan fingerprint density at radius 1 is 1.33 bits per heavy atom. The number of benzene rings is 1. The molecule has 0 unspecified atom stereocenters. The number of aromatic hydroxyl groups is 1. The van der Waals surface area contributed by atoms with Gasteiger partial charge in [-0.25, -0.2) is 9.59 Å². The van der Waals surface area contributed by atoms with Gasteiger partial charge in [-0.1, -0.05) is 0 Å². The van der Waals surface area contributed by atoms with Crippen molar-refractivity contribution in [2.45, 2.75) is 26.8 Å². The summed E-state index contributed by atoms with van der Waals surface area (Å²) < 4.78 is 10.9. The van der Waals surface area contributed by atoms with Crippen LogP contribution >= 0.6 is 15.9 Å². The molecule has 0 saturated carbocycles. The summed E-state index contributed by atoms with van der Waals surface area (Å²) in [5, 5.41) is 15.3. The highest BCUT2D eigenvalue weighted by atomic mass is 79.9. The van der Waals surface area contributed by atoms with Crippen LogP contribution in [0.5, 0.6) is 11.5 Å². The predicted molar refractivity (Wildman–Crippen MR) is 90.7 cm³/mol. The molecule has 0 fully saturated rings. The molecular weight excluding hydrogens is 380 g/mol. The van der Waals surface area contributed by atoms with Crippen LogP contribution in [0, 0.1) is 0 Å². The van der Waals surface area contributed by atoms with Crippen LogP contribution in [0.25, 0.3) is 0 Å². The number of urea groups is 1. The number of rotatable bonds is 5. The minimum absolute atomic E-state index is 0.0424. The third-order valence-electron chi connectivity index (χ3n) is 3.45. The number of nitrogens with one attached hydrogen (secondary N) is 2. The maximum absolute atomic E-state index is 12.3. The number of esters is 1. The molecule has 0 radical (unpaired) electrons. The minimum Gasteiger partial charge on any atom is -0.503 e. The van der Waals surface area contributed by atoms with E-state index in [1.807, 2.05) is 0 Å². The van der Waals surface area contributed by atoms with E-state index in [2.05, 4.69) is 26.6 Å². The molecule has 3 N–H and O–H groups in total. The van der Waals surface area contributed by atoms with Crippen molar-refractivity contribution in [1.29, 1.82) is 0 Å². The molecule has 0 aliphatic carbocycles. The first-order valence-corrected chi connectivity index (χ1v) is 8.28. The van der Waals surface area contributed by atoms with Gasteiger partial charge < -0.3 is 25.2 Å². The Morgan fingerprint density at radius 2 is 2.04 bits per heavy atom. The molecule has 7 nitrogen and oxygen atoms in total. The molecule has 1 aliphatic heterocycles. The van der Waals surface area contributed by atoms with Gasteiger partial charge in [-0.3, -0.25) is 0 Å². The number of carbonyl (C=O) groups excluding carboxylic acids is 2. The summed E-state index contributed by atoms with van der Waals surface area (Å²) in [7, 11) is 0. The molecule has 2 amide bonds. The minimum atomic E-state index is -0.714. The maximum atomic E-state index is 12.3. The molecule has 0 saturated heterocycles. The van der Waals surface area contributed by atoms with Crippen LogP contribution < -0.4 is 15.4 Å². The van der Waals surface area contributed by atoms with E-state index in [1.54, 1.807) is 32.9 Å².